The average Bonchev–Trinajstić information content (AvgIpc) is 2.56. The summed E-state index contributed by atoms with van der Waals surface area (Å²) in [5.41, 5.74) is 4.40. The Morgan fingerprint density at radius 3 is 2.38 bits per heavy atom. The summed E-state index contributed by atoms with van der Waals surface area (Å²) in [7, 11) is 0. The van der Waals surface area contributed by atoms with E-state index in [1.807, 2.05) is 38.1 Å². The lowest BCUT2D eigenvalue weighted by molar-refractivity contribution is -0.116. The molecule has 0 atom stereocenters. The van der Waals surface area contributed by atoms with E-state index >= 15 is 0 Å². The summed E-state index contributed by atoms with van der Waals surface area (Å²) in [6.45, 7) is 6.01. The van der Waals surface area contributed by atoms with E-state index in [0.29, 0.717) is 25.0 Å². The molecule has 0 aliphatic carbocycles. The van der Waals surface area contributed by atoms with Gasteiger partial charge in [-0.3, -0.25) is 4.79 Å². The second-order valence-electron chi connectivity index (χ2n) is 5.78. The number of aryl methyl sites for hydroxylation is 3. The van der Waals surface area contributed by atoms with Gasteiger partial charge in [0.25, 0.3) is 0 Å². The van der Waals surface area contributed by atoms with E-state index in [4.69, 9.17) is 4.74 Å². The number of hydrogen-bond donors (Lipinski definition) is 1. The first-order valence-electron chi connectivity index (χ1n) is 8.12. The molecule has 0 aliphatic rings. The monoisotopic (exact) mass is 325 g/mol. The van der Waals surface area contributed by atoms with Gasteiger partial charge in [-0.05, 0) is 56.5 Å². The maximum Gasteiger partial charge on any atom is 0.338 e. The van der Waals surface area contributed by atoms with Gasteiger partial charge in [-0.15, -0.1) is 0 Å². The number of nitrogens with one attached hydrogen (secondary N) is 1. The van der Waals surface area contributed by atoms with Gasteiger partial charge in [0.1, 0.15) is 0 Å². The Hall–Kier alpha value is -2.62. The normalized spacial score (nSPS) is 10.3. The molecule has 0 fully saturated rings. The Morgan fingerprint density at radius 1 is 1.04 bits per heavy atom. The molecule has 4 heteroatoms. The molecule has 24 heavy (non-hydrogen) atoms. The van der Waals surface area contributed by atoms with Gasteiger partial charge < -0.3 is 10.1 Å². The third kappa shape index (κ3) is 4.95. The van der Waals surface area contributed by atoms with Crippen molar-refractivity contribution in [3.63, 3.8) is 0 Å². The topological polar surface area (TPSA) is 55.4 Å². The summed E-state index contributed by atoms with van der Waals surface area (Å²) >= 11 is 0. The highest BCUT2D eigenvalue weighted by Crippen LogP contribution is 2.18. The molecule has 0 unspecified atom stereocenters. The third-order valence-electron chi connectivity index (χ3n) is 3.77. The van der Waals surface area contributed by atoms with Crippen molar-refractivity contribution in [2.24, 2.45) is 0 Å². The molecule has 2 rings (SSSR count). The van der Waals surface area contributed by atoms with Crippen molar-refractivity contribution in [2.75, 3.05) is 11.9 Å². The van der Waals surface area contributed by atoms with Gasteiger partial charge in [0.15, 0.2) is 0 Å². The minimum absolute atomic E-state index is 0.0393. The van der Waals surface area contributed by atoms with Crippen molar-refractivity contribution in [1.29, 1.82) is 0 Å². The van der Waals surface area contributed by atoms with Crippen LogP contribution in [0, 0.1) is 13.8 Å². The largest absolute Gasteiger partial charge is 0.462 e. The number of benzene rings is 2. The smallest absolute Gasteiger partial charge is 0.338 e. The predicted octanol–water partition coefficient (Wildman–Crippen LogP) is 4.05. The number of anilines is 1. The molecule has 0 heterocycles. The maximum atomic E-state index is 12.1. The van der Waals surface area contributed by atoms with Gasteiger partial charge in [0.05, 0.1) is 12.2 Å². The Labute approximate surface area is 142 Å². The summed E-state index contributed by atoms with van der Waals surface area (Å²) in [4.78, 5) is 23.8. The average molecular weight is 325 g/mol. The van der Waals surface area contributed by atoms with E-state index in [1.54, 1.807) is 25.1 Å². The Morgan fingerprint density at radius 2 is 1.75 bits per heavy atom. The minimum Gasteiger partial charge on any atom is -0.462 e. The quantitative estimate of drug-likeness (QED) is 0.815. The lowest BCUT2D eigenvalue weighted by Gasteiger charge is -2.10. The van der Waals surface area contributed by atoms with Crippen LogP contribution in [0.5, 0.6) is 0 Å². The van der Waals surface area contributed by atoms with Gasteiger partial charge in [-0.1, -0.05) is 29.8 Å². The van der Waals surface area contributed by atoms with E-state index < -0.39 is 0 Å². The first-order valence-corrected chi connectivity index (χ1v) is 8.12. The molecule has 2 aromatic rings. The second-order valence-corrected chi connectivity index (χ2v) is 5.78. The van der Waals surface area contributed by atoms with Crippen LogP contribution in [0.15, 0.2) is 42.5 Å². The van der Waals surface area contributed by atoms with Crippen molar-refractivity contribution in [1.82, 2.24) is 0 Å². The van der Waals surface area contributed by atoms with Crippen LogP contribution in [0.1, 0.15) is 40.4 Å². The van der Waals surface area contributed by atoms with E-state index in [-0.39, 0.29) is 11.9 Å². The van der Waals surface area contributed by atoms with E-state index in [2.05, 4.69) is 5.32 Å². The SMILES string of the molecule is CCOC(=O)c1ccc(NC(=O)CCc2ccc(C)cc2)c(C)c1. The number of rotatable bonds is 6. The summed E-state index contributed by atoms with van der Waals surface area (Å²) in [5.74, 6) is -0.389. The van der Waals surface area contributed by atoms with E-state index in [1.165, 1.54) is 5.56 Å². The van der Waals surface area contributed by atoms with Crippen molar-refractivity contribution in [3.05, 3.63) is 64.7 Å². The number of esters is 1. The molecule has 0 bridgehead atoms. The van der Waals surface area contributed by atoms with Crippen molar-refractivity contribution in [3.8, 4) is 0 Å². The molecular formula is C20H23NO3. The van der Waals surface area contributed by atoms with Gasteiger partial charge >= 0.3 is 5.97 Å². The Kier molecular flexibility index (Phi) is 6.13. The highest BCUT2D eigenvalue weighted by atomic mass is 16.5. The molecule has 0 aliphatic heterocycles. The van der Waals surface area contributed by atoms with Crippen molar-refractivity contribution in [2.45, 2.75) is 33.6 Å². The van der Waals surface area contributed by atoms with Crippen LogP contribution in [0.3, 0.4) is 0 Å². The van der Waals surface area contributed by atoms with Gasteiger partial charge in [0.2, 0.25) is 5.91 Å². The molecule has 0 saturated carbocycles. The number of carbonyl (C=O) groups is 2. The van der Waals surface area contributed by atoms with Gasteiger partial charge in [0, 0.05) is 12.1 Å². The molecule has 1 N–H and O–H groups in total. The number of hydrogen-bond acceptors (Lipinski definition) is 3. The summed E-state index contributed by atoms with van der Waals surface area (Å²) in [6.07, 6.45) is 1.12. The molecule has 0 radical (unpaired) electrons. The number of ether oxygens (including phenoxy) is 1. The van der Waals surface area contributed by atoms with Gasteiger partial charge in [-0.25, -0.2) is 4.79 Å². The molecule has 0 aromatic heterocycles. The maximum absolute atomic E-state index is 12.1. The number of amides is 1. The standard InChI is InChI=1S/C20H23NO3/c1-4-24-20(23)17-10-11-18(15(3)13-17)21-19(22)12-9-16-7-5-14(2)6-8-16/h5-8,10-11,13H,4,9,12H2,1-3H3,(H,21,22). The lowest BCUT2D eigenvalue weighted by Crippen LogP contribution is -2.14. The van der Waals surface area contributed by atoms with Crippen LogP contribution < -0.4 is 5.32 Å². The Balaban J connectivity index is 1.93. The fourth-order valence-electron chi connectivity index (χ4n) is 2.37. The highest BCUT2D eigenvalue weighted by molar-refractivity contribution is 5.94. The first kappa shape index (κ1) is 17.7. The van der Waals surface area contributed by atoms with Gasteiger partial charge in [-0.2, -0.15) is 0 Å². The predicted molar refractivity (Wildman–Crippen MR) is 95.3 cm³/mol. The van der Waals surface area contributed by atoms with Crippen molar-refractivity contribution >= 4 is 17.6 Å². The molecule has 2 aromatic carbocycles. The van der Waals surface area contributed by atoms with E-state index in [9.17, 15) is 9.59 Å². The zero-order chi connectivity index (χ0) is 17.5. The molecule has 4 nitrogen and oxygen atoms in total. The molecule has 126 valence electrons. The fourth-order valence-corrected chi connectivity index (χ4v) is 2.37. The molecular weight excluding hydrogens is 302 g/mol. The Bertz CT molecular complexity index is 720. The third-order valence-corrected chi connectivity index (χ3v) is 3.77. The van der Waals surface area contributed by atoms with Crippen LogP contribution in [0.2, 0.25) is 0 Å². The highest BCUT2D eigenvalue weighted by Gasteiger charge is 2.10. The van der Waals surface area contributed by atoms with Crippen LogP contribution in [0.25, 0.3) is 0 Å². The van der Waals surface area contributed by atoms with Crippen LogP contribution in [-0.4, -0.2) is 18.5 Å². The molecule has 1 amide bonds. The zero-order valence-electron chi connectivity index (χ0n) is 14.4. The zero-order valence-corrected chi connectivity index (χ0v) is 14.4. The van der Waals surface area contributed by atoms with Crippen molar-refractivity contribution < 1.29 is 14.3 Å². The first-order chi connectivity index (χ1) is 11.5. The summed E-state index contributed by atoms with van der Waals surface area (Å²) in [6, 6.07) is 13.3. The van der Waals surface area contributed by atoms with Crippen LogP contribution >= 0.6 is 0 Å². The molecule has 0 saturated heterocycles. The molecule has 0 spiro atoms. The fraction of sp³-hybridized carbons (Fsp3) is 0.300. The van der Waals surface area contributed by atoms with Crippen LogP contribution in [0.4, 0.5) is 5.69 Å². The number of carbonyl (C=O) groups excluding carboxylic acids is 2. The van der Waals surface area contributed by atoms with E-state index in [0.717, 1.165) is 16.8 Å². The second kappa shape index (κ2) is 8.29. The lowest BCUT2D eigenvalue weighted by atomic mass is 10.1. The van der Waals surface area contributed by atoms with Crippen LogP contribution in [-0.2, 0) is 16.0 Å². The summed E-state index contributed by atoms with van der Waals surface area (Å²) < 4.78 is 4.97. The summed E-state index contributed by atoms with van der Waals surface area (Å²) in [5, 5.41) is 2.90. The minimum atomic E-state index is -0.349.